The van der Waals surface area contributed by atoms with Crippen molar-refractivity contribution in [3.63, 3.8) is 0 Å². The number of para-hydroxylation sites is 1. The van der Waals surface area contributed by atoms with Gasteiger partial charge in [0, 0.05) is 44.3 Å². The molecule has 0 saturated carbocycles. The van der Waals surface area contributed by atoms with E-state index < -0.39 is 120 Å². The van der Waals surface area contributed by atoms with Crippen molar-refractivity contribution >= 4 is 61.7 Å². The van der Waals surface area contributed by atoms with Gasteiger partial charge in [-0.1, -0.05) is 249 Å². The maximum absolute atomic E-state index is 10.1. The molecule has 0 bridgehead atoms. The monoisotopic (exact) mass is 1310 g/mol. The fourth-order valence-corrected chi connectivity index (χ4v) is 15.9. The van der Waals surface area contributed by atoms with Gasteiger partial charge in [0.2, 0.25) is 0 Å². The van der Waals surface area contributed by atoms with Gasteiger partial charge in [-0.2, -0.15) is 18.2 Å². The number of fused-ring (bicyclic) bond motifs is 10. The Labute approximate surface area is 536 Å². The van der Waals surface area contributed by atoms with Gasteiger partial charge < -0.3 is 13.9 Å². The average molecular weight is 1310 g/mol. The maximum atomic E-state index is 10.1. The molecular formula is C78H66N4OPtSi-2. The molecule has 1 aliphatic rings. The largest absolute Gasteiger partial charge is 0.510 e. The van der Waals surface area contributed by atoms with Crippen LogP contribution in [0.15, 0.2) is 236 Å². The Morgan fingerprint density at radius 3 is 1.65 bits per heavy atom. The number of nitrogens with zero attached hydrogens (tertiary/aromatic N) is 4. The minimum absolute atomic E-state index is 0. The maximum Gasteiger partial charge on any atom is 0.268 e. The summed E-state index contributed by atoms with van der Waals surface area (Å²) >= 11 is 0. The summed E-state index contributed by atoms with van der Waals surface area (Å²) < 4.78 is 156. The van der Waals surface area contributed by atoms with Crippen molar-refractivity contribution in [2.45, 2.75) is 78.6 Å². The molecule has 0 saturated heterocycles. The minimum atomic E-state index is -5.77. The Morgan fingerprint density at radius 1 is 0.482 bits per heavy atom. The van der Waals surface area contributed by atoms with Crippen molar-refractivity contribution in [2.24, 2.45) is 0 Å². The van der Waals surface area contributed by atoms with Crippen LogP contribution >= 0.6 is 0 Å². The van der Waals surface area contributed by atoms with Crippen molar-refractivity contribution in [1.29, 1.82) is 0 Å². The standard InChI is InChI=1S/C78H66N4OSi.Pt/c1-76(2,3)52-42-43-79-73(46-52)82-70-39-24-23-38-65(70)66-41-40-56(48-71(66)82)83-55-27-25-26-54(47-55)80-51-81-74-67(44-53(77(4,5)6)45-69(74)78(7,8)9)63-36-21-19-34-61(63)62-35-20-22-37-64(62)68-49-60(50-72(80)75(68)81)84(57-28-13-10-14-29-57,58-30-15-11-16-31-58)59-32-17-12-18-33-59;/h10-46,49-50H,1-9H3;/q-2;/i10D,11D,12D,13D,14D,15D,16D,17D,18D,28D,29D,30D,31D,32D,33D;. The number of hydrogen-bond acceptors (Lipinski definition) is 2. The number of aromatic nitrogens is 4. The Morgan fingerprint density at radius 2 is 1.05 bits per heavy atom. The van der Waals surface area contributed by atoms with Gasteiger partial charge in [-0.05, 0) is 116 Å². The molecule has 0 fully saturated rings. The number of hydrogen-bond donors (Lipinski definition) is 0. The first-order valence-corrected chi connectivity index (χ1v) is 30.0. The second-order valence-electron chi connectivity index (χ2n) is 24.5. The molecule has 0 spiro atoms. The van der Waals surface area contributed by atoms with Crippen molar-refractivity contribution < 1.29 is 50.9 Å². The van der Waals surface area contributed by atoms with Crippen molar-refractivity contribution in [3.8, 4) is 62.1 Å². The summed E-state index contributed by atoms with van der Waals surface area (Å²) in [5.74, 6) is 1.28. The van der Waals surface area contributed by atoms with Gasteiger partial charge in [-0.15, -0.1) is 29.7 Å². The van der Waals surface area contributed by atoms with Gasteiger partial charge >= 0.3 is 0 Å². The zero-order valence-corrected chi connectivity index (χ0v) is 51.6. The number of rotatable bonds is 8. The summed E-state index contributed by atoms with van der Waals surface area (Å²) in [6, 6.07) is 39.0. The van der Waals surface area contributed by atoms with E-state index in [0.717, 1.165) is 55.4 Å². The molecule has 10 aromatic carbocycles. The molecule has 0 aliphatic carbocycles. The first-order chi connectivity index (χ1) is 46.8. The SMILES string of the molecule is [2H]c1c([2H])c([2H])c([Si](c2cc3c4c(c2)n(-c2[c-]c(Oc5[c-]c6c(cc5)c5ccccc5n6-c5cc(C(C)(C)C)ccn5)ccc2)[c-][n+]4-c2c(cc(C(C)(C)C)cc2C(C)(C)C)-c2ccccc2-c2ccccc2-3)(c2c([2H])c([2H])c([2H])c([2H])c2[2H])c2c([2H])c([2H])c([2H])c([2H])c2[2H])c([2H])c1[2H].[Pt]. The molecule has 0 amide bonds. The third kappa shape index (κ3) is 9.42. The van der Waals surface area contributed by atoms with E-state index in [-0.39, 0.29) is 48.3 Å². The van der Waals surface area contributed by atoms with Gasteiger partial charge in [-0.3, -0.25) is 4.57 Å². The molecular weight excluding hydrogens is 1230 g/mol. The number of ether oxygens (including phenoxy) is 1. The summed E-state index contributed by atoms with van der Waals surface area (Å²) in [7, 11) is -5.77. The van der Waals surface area contributed by atoms with Crippen LogP contribution in [-0.4, -0.2) is 22.2 Å². The van der Waals surface area contributed by atoms with Crippen LogP contribution in [0, 0.1) is 18.5 Å². The van der Waals surface area contributed by atoms with E-state index in [2.05, 4.69) is 116 Å². The first-order valence-electron chi connectivity index (χ1n) is 35.5. The van der Waals surface area contributed by atoms with Crippen LogP contribution in [0.3, 0.4) is 0 Å². The Kier molecular flexibility index (Phi) is 10.1. The summed E-state index contributed by atoms with van der Waals surface area (Å²) in [6.45, 7) is 19.4. The molecule has 0 radical (unpaired) electrons. The molecule has 0 atom stereocenters. The van der Waals surface area contributed by atoms with Crippen LogP contribution in [0.1, 0.15) is 99.6 Å². The molecule has 13 aromatic rings. The number of pyridine rings is 1. The molecule has 85 heavy (non-hydrogen) atoms. The first kappa shape index (κ1) is 40.6. The quantitative estimate of drug-likeness (QED) is 0.0658. The van der Waals surface area contributed by atoms with Gasteiger partial charge in [-0.25, -0.2) is 4.98 Å². The Bertz CT molecular complexity index is 5400. The molecule has 4 heterocycles. The van der Waals surface area contributed by atoms with Crippen molar-refractivity contribution in [3.05, 3.63) is 272 Å². The Balaban J connectivity index is 0.00000896. The van der Waals surface area contributed by atoms with E-state index in [9.17, 15) is 16.4 Å². The van der Waals surface area contributed by atoms with Gasteiger partial charge in [0.25, 0.3) is 6.33 Å². The van der Waals surface area contributed by atoms with Crippen molar-refractivity contribution in [2.75, 3.05) is 0 Å². The third-order valence-corrected chi connectivity index (χ3v) is 20.3. The summed E-state index contributed by atoms with van der Waals surface area (Å²) in [5.41, 5.74) is 9.59. The molecule has 420 valence electrons. The van der Waals surface area contributed by atoms with Gasteiger partial charge in [0.1, 0.15) is 5.82 Å². The van der Waals surface area contributed by atoms with Gasteiger partial charge in [0.15, 0.2) is 8.07 Å². The molecule has 1 aliphatic heterocycles. The van der Waals surface area contributed by atoms with E-state index in [0.29, 0.717) is 45.0 Å². The van der Waals surface area contributed by atoms with E-state index in [1.54, 1.807) is 34.9 Å². The predicted octanol–water partition coefficient (Wildman–Crippen LogP) is 16.2. The second-order valence-corrected chi connectivity index (χ2v) is 28.1. The number of benzene rings is 10. The van der Waals surface area contributed by atoms with E-state index in [1.165, 1.54) is 0 Å². The van der Waals surface area contributed by atoms with Crippen LogP contribution < -0.4 is 30.1 Å². The second kappa shape index (κ2) is 21.1. The fourth-order valence-electron chi connectivity index (χ4n) is 12.0. The van der Waals surface area contributed by atoms with Crippen LogP contribution in [-0.2, 0) is 37.3 Å². The third-order valence-electron chi connectivity index (χ3n) is 16.2. The van der Waals surface area contributed by atoms with Gasteiger partial charge in [0.05, 0.1) is 37.3 Å². The van der Waals surface area contributed by atoms with E-state index in [1.807, 2.05) is 89.6 Å². The summed E-state index contributed by atoms with van der Waals surface area (Å²) in [5, 5.41) is -0.0134. The molecule has 0 unspecified atom stereocenters. The summed E-state index contributed by atoms with van der Waals surface area (Å²) in [4.78, 5) is 4.88. The number of imidazole rings is 1. The van der Waals surface area contributed by atoms with Crippen LogP contribution in [0.4, 0.5) is 0 Å². The zero-order chi connectivity index (χ0) is 70.8. The molecule has 5 nitrogen and oxygen atoms in total. The summed E-state index contributed by atoms with van der Waals surface area (Å²) in [6.07, 6.45) is 5.63. The molecule has 7 heteroatoms. The normalized spacial score (nSPS) is 14.9. The topological polar surface area (TPSA) is 35.9 Å². The van der Waals surface area contributed by atoms with Crippen LogP contribution in [0.2, 0.25) is 0 Å². The van der Waals surface area contributed by atoms with E-state index >= 15 is 0 Å². The zero-order valence-electron chi connectivity index (χ0n) is 63.4. The van der Waals surface area contributed by atoms with E-state index in [4.69, 9.17) is 13.8 Å². The minimum Gasteiger partial charge on any atom is -0.510 e. The molecule has 14 rings (SSSR count). The van der Waals surface area contributed by atoms with Crippen molar-refractivity contribution in [1.82, 2.24) is 14.1 Å². The smallest absolute Gasteiger partial charge is 0.268 e. The molecule has 3 aromatic heterocycles. The predicted molar refractivity (Wildman–Crippen MR) is 350 cm³/mol. The average Bonchev–Trinajstić information content (AvgIpc) is 0.972. The molecule has 0 N–H and O–H groups in total. The fraction of sp³-hybridized carbons (Fsp3) is 0.154. The Hall–Kier alpha value is -8.67. The van der Waals surface area contributed by atoms with Crippen LogP contribution in [0.25, 0.3) is 83.4 Å². The van der Waals surface area contributed by atoms with Crippen LogP contribution in [0.5, 0.6) is 11.5 Å².